The van der Waals surface area contributed by atoms with Gasteiger partial charge in [-0.15, -0.1) is 0 Å². The van der Waals surface area contributed by atoms with Gasteiger partial charge >= 0.3 is 0 Å². The van der Waals surface area contributed by atoms with Crippen molar-refractivity contribution >= 4 is 27.7 Å². The molecule has 0 aliphatic carbocycles. The Balaban J connectivity index is 1.59. The molecule has 0 unspecified atom stereocenters. The van der Waals surface area contributed by atoms with Crippen LogP contribution in [0.15, 0.2) is 45.9 Å². The highest BCUT2D eigenvalue weighted by Crippen LogP contribution is 2.24. The first-order chi connectivity index (χ1) is 13.5. The van der Waals surface area contributed by atoms with Crippen molar-refractivity contribution in [3.8, 4) is 0 Å². The normalized spacial score (nSPS) is 15.5. The maximum Gasteiger partial charge on any atom is 0.251 e. The van der Waals surface area contributed by atoms with E-state index in [0.717, 1.165) is 36.5 Å². The molecule has 1 aliphatic heterocycles. The molecular formula is C20H26N2O4S2. The Kier molecular flexibility index (Phi) is 7.20. The highest BCUT2D eigenvalue weighted by atomic mass is 32.2. The third-order valence-corrected chi connectivity index (χ3v) is 7.76. The molecule has 2 aromatic rings. The second-order valence-electron chi connectivity index (χ2n) is 6.83. The number of thioether (sulfide) groups is 1. The summed E-state index contributed by atoms with van der Waals surface area (Å²) in [6, 6.07) is 8.66. The number of furan rings is 1. The third-order valence-electron chi connectivity index (χ3n) is 4.74. The van der Waals surface area contributed by atoms with E-state index >= 15 is 0 Å². The second kappa shape index (κ2) is 9.62. The molecule has 0 radical (unpaired) electrons. The van der Waals surface area contributed by atoms with Crippen molar-refractivity contribution in [2.45, 2.75) is 36.8 Å². The maximum absolute atomic E-state index is 13.0. The van der Waals surface area contributed by atoms with Crippen molar-refractivity contribution in [2.75, 3.05) is 25.4 Å². The Morgan fingerprint density at radius 3 is 2.71 bits per heavy atom. The first-order valence-corrected chi connectivity index (χ1v) is 12.1. The van der Waals surface area contributed by atoms with Crippen molar-refractivity contribution in [1.82, 2.24) is 9.62 Å². The summed E-state index contributed by atoms with van der Waals surface area (Å²) in [7, 11) is -3.56. The van der Waals surface area contributed by atoms with Crippen LogP contribution in [0.5, 0.6) is 0 Å². The Hall–Kier alpha value is -1.77. The lowest BCUT2D eigenvalue weighted by Crippen LogP contribution is -2.36. The fourth-order valence-electron chi connectivity index (χ4n) is 3.17. The summed E-state index contributed by atoms with van der Waals surface area (Å²) in [5, 5.41) is 2.86. The molecule has 1 N–H and O–H groups in total. The van der Waals surface area contributed by atoms with Gasteiger partial charge in [-0.3, -0.25) is 4.79 Å². The molecular weight excluding hydrogens is 396 g/mol. The Labute approximate surface area is 170 Å². The van der Waals surface area contributed by atoms with Crippen LogP contribution < -0.4 is 5.32 Å². The predicted molar refractivity (Wildman–Crippen MR) is 111 cm³/mol. The molecule has 0 bridgehead atoms. The number of carbonyl (C=O) groups excluding carboxylic acids is 1. The van der Waals surface area contributed by atoms with E-state index in [9.17, 15) is 13.2 Å². The zero-order valence-electron chi connectivity index (χ0n) is 16.0. The van der Waals surface area contributed by atoms with Crippen LogP contribution in [-0.2, 0) is 15.8 Å². The molecule has 2 heterocycles. The number of sulfonamides is 1. The van der Waals surface area contributed by atoms with E-state index in [1.165, 1.54) is 10.4 Å². The van der Waals surface area contributed by atoms with Crippen molar-refractivity contribution in [3.05, 3.63) is 53.5 Å². The van der Waals surface area contributed by atoms with Crippen LogP contribution in [0.4, 0.5) is 0 Å². The number of rotatable bonds is 8. The number of amides is 1. The number of nitrogens with zero attached hydrogens (tertiary/aromatic N) is 1. The van der Waals surface area contributed by atoms with Crippen LogP contribution in [0.1, 0.15) is 40.9 Å². The van der Waals surface area contributed by atoms with Gasteiger partial charge in [-0.1, -0.05) is 12.5 Å². The summed E-state index contributed by atoms with van der Waals surface area (Å²) in [6.07, 6.45) is 4.47. The maximum atomic E-state index is 13.0. The molecule has 6 nitrogen and oxygen atoms in total. The molecule has 3 rings (SSSR count). The number of hydrogen-bond donors (Lipinski definition) is 1. The van der Waals surface area contributed by atoms with E-state index in [4.69, 9.17) is 4.42 Å². The molecule has 1 aliphatic rings. The molecule has 1 saturated heterocycles. The first kappa shape index (κ1) is 21.0. The summed E-state index contributed by atoms with van der Waals surface area (Å²) < 4.78 is 32.8. The fraction of sp³-hybridized carbons (Fsp3) is 0.450. The molecule has 1 aromatic heterocycles. The molecule has 1 amide bonds. The van der Waals surface area contributed by atoms with E-state index in [2.05, 4.69) is 5.32 Å². The summed E-state index contributed by atoms with van der Waals surface area (Å²) in [6.45, 7) is 3.37. The predicted octanol–water partition coefficient (Wildman–Crippen LogP) is 3.43. The molecule has 1 fully saturated rings. The first-order valence-electron chi connectivity index (χ1n) is 9.47. The number of carbonyl (C=O) groups is 1. The van der Waals surface area contributed by atoms with E-state index < -0.39 is 10.0 Å². The van der Waals surface area contributed by atoms with Gasteiger partial charge < -0.3 is 9.73 Å². The minimum Gasteiger partial charge on any atom is -0.468 e. The molecule has 0 atom stereocenters. The number of benzene rings is 1. The van der Waals surface area contributed by atoms with Crippen molar-refractivity contribution in [3.63, 3.8) is 0 Å². The standard InChI is InChI=1S/C20H26N2O4S2/c1-16-7-8-17(14-19(16)28(24,25)22-10-3-2-4-11-22)20(23)21-9-13-27-15-18-6-5-12-26-18/h5-8,12,14H,2-4,9-11,13,15H2,1H3,(H,21,23). The summed E-state index contributed by atoms with van der Waals surface area (Å²) >= 11 is 1.67. The lowest BCUT2D eigenvalue weighted by Gasteiger charge is -2.26. The molecule has 152 valence electrons. The Morgan fingerprint density at radius 1 is 1.21 bits per heavy atom. The third kappa shape index (κ3) is 5.18. The van der Waals surface area contributed by atoms with Crippen LogP contribution in [-0.4, -0.2) is 44.0 Å². The van der Waals surface area contributed by atoms with Crippen molar-refractivity contribution in [2.24, 2.45) is 0 Å². The average Bonchev–Trinajstić information content (AvgIpc) is 3.22. The zero-order valence-corrected chi connectivity index (χ0v) is 17.7. The van der Waals surface area contributed by atoms with Gasteiger partial charge in [0, 0.05) is 31.0 Å². The van der Waals surface area contributed by atoms with Crippen LogP contribution in [0, 0.1) is 6.92 Å². The monoisotopic (exact) mass is 422 g/mol. The largest absolute Gasteiger partial charge is 0.468 e. The van der Waals surface area contributed by atoms with E-state index in [0.29, 0.717) is 30.8 Å². The molecule has 0 spiro atoms. The van der Waals surface area contributed by atoms with Gasteiger partial charge in [0.25, 0.3) is 5.91 Å². The van der Waals surface area contributed by atoms with Gasteiger partial charge in [0.2, 0.25) is 10.0 Å². The number of nitrogens with one attached hydrogen (secondary N) is 1. The topological polar surface area (TPSA) is 79.6 Å². The lowest BCUT2D eigenvalue weighted by molar-refractivity contribution is 0.0956. The molecule has 0 saturated carbocycles. The van der Waals surface area contributed by atoms with Crippen LogP contribution in [0.3, 0.4) is 0 Å². The highest BCUT2D eigenvalue weighted by molar-refractivity contribution is 7.98. The Morgan fingerprint density at radius 2 is 2.00 bits per heavy atom. The summed E-state index contributed by atoms with van der Waals surface area (Å²) in [5.74, 6) is 2.15. The number of piperidine rings is 1. The van der Waals surface area contributed by atoms with Crippen LogP contribution in [0.25, 0.3) is 0 Å². The summed E-state index contributed by atoms with van der Waals surface area (Å²) in [4.78, 5) is 12.7. The van der Waals surface area contributed by atoms with E-state index in [1.54, 1.807) is 37.1 Å². The number of aryl methyl sites for hydroxylation is 1. The smallest absolute Gasteiger partial charge is 0.251 e. The Bertz CT molecular complexity index is 889. The molecule has 1 aromatic carbocycles. The van der Waals surface area contributed by atoms with Crippen LogP contribution >= 0.6 is 11.8 Å². The SMILES string of the molecule is Cc1ccc(C(=O)NCCSCc2ccco2)cc1S(=O)(=O)N1CCCCC1. The highest BCUT2D eigenvalue weighted by Gasteiger charge is 2.28. The lowest BCUT2D eigenvalue weighted by atomic mass is 10.1. The van der Waals surface area contributed by atoms with Gasteiger partial charge in [0.15, 0.2) is 0 Å². The number of hydrogen-bond acceptors (Lipinski definition) is 5. The van der Waals surface area contributed by atoms with Gasteiger partial charge in [0.1, 0.15) is 5.76 Å². The summed E-state index contributed by atoms with van der Waals surface area (Å²) in [5.41, 5.74) is 1.04. The molecule has 28 heavy (non-hydrogen) atoms. The minimum atomic E-state index is -3.56. The quantitative estimate of drug-likeness (QED) is 0.660. The van der Waals surface area contributed by atoms with Crippen molar-refractivity contribution < 1.29 is 17.6 Å². The van der Waals surface area contributed by atoms with Crippen LogP contribution in [0.2, 0.25) is 0 Å². The minimum absolute atomic E-state index is 0.231. The van der Waals surface area contributed by atoms with Gasteiger partial charge in [-0.25, -0.2) is 8.42 Å². The zero-order chi connectivity index (χ0) is 20.0. The van der Waals surface area contributed by atoms with Gasteiger partial charge in [-0.2, -0.15) is 16.1 Å². The second-order valence-corrected chi connectivity index (χ2v) is 9.84. The van der Waals surface area contributed by atoms with Gasteiger partial charge in [-0.05, 0) is 49.6 Å². The molecule has 8 heteroatoms. The van der Waals surface area contributed by atoms with Crippen molar-refractivity contribution in [1.29, 1.82) is 0 Å². The van der Waals surface area contributed by atoms with E-state index in [1.807, 2.05) is 12.1 Å². The van der Waals surface area contributed by atoms with E-state index in [-0.39, 0.29) is 10.8 Å². The average molecular weight is 423 g/mol. The van der Waals surface area contributed by atoms with Gasteiger partial charge in [0.05, 0.1) is 16.9 Å². The fourth-order valence-corrected chi connectivity index (χ4v) is 5.69.